The smallest absolute Gasteiger partial charge is 0.294 e. The van der Waals surface area contributed by atoms with E-state index in [9.17, 15) is 8.42 Å². The fourth-order valence-electron chi connectivity index (χ4n) is 2.32. The molecular formula is C17H28N2O3S. The molecule has 0 atom stereocenters. The largest absolute Gasteiger partial charge is 0.362 e. The fraction of sp³-hybridized carbons (Fsp3) is 0.529. The Morgan fingerprint density at radius 2 is 1.83 bits per heavy atom. The van der Waals surface area contributed by atoms with Gasteiger partial charge < -0.3 is 9.80 Å². The average Bonchev–Trinajstić information content (AvgIpc) is 2.89. The van der Waals surface area contributed by atoms with E-state index in [-0.39, 0.29) is 4.90 Å². The monoisotopic (exact) mass is 340 g/mol. The quantitative estimate of drug-likeness (QED) is 0.634. The van der Waals surface area contributed by atoms with E-state index < -0.39 is 10.1 Å². The van der Waals surface area contributed by atoms with Crippen molar-refractivity contribution in [1.82, 2.24) is 9.80 Å². The summed E-state index contributed by atoms with van der Waals surface area (Å²) in [6.45, 7) is 6.18. The number of unbranched alkanes of at least 4 members (excludes halogenated alkanes) is 3. The Labute approximate surface area is 140 Å². The number of hydrogen-bond donors (Lipinski definition) is 1. The molecule has 2 rings (SSSR count). The molecule has 130 valence electrons. The van der Waals surface area contributed by atoms with Crippen molar-refractivity contribution < 1.29 is 13.0 Å². The molecule has 1 heterocycles. The van der Waals surface area contributed by atoms with Gasteiger partial charge in [-0.15, -0.1) is 0 Å². The summed E-state index contributed by atoms with van der Waals surface area (Å²) in [7, 11) is -1.92. The second kappa shape index (κ2) is 9.57. The summed E-state index contributed by atoms with van der Waals surface area (Å²) in [4.78, 5) is 4.55. The number of benzene rings is 1. The van der Waals surface area contributed by atoms with Crippen LogP contribution in [0.2, 0.25) is 0 Å². The molecular weight excluding hydrogens is 312 g/mol. The van der Waals surface area contributed by atoms with Crippen molar-refractivity contribution in [2.24, 2.45) is 0 Å². The Bertz CT molecular complexity index is 600. The van der Waals surface area contributed by atoms with Crippen molar-refractivity contribution in [2.45, 2.75) is 44.4 Å². The van der Waals surface area contributed by atoms with Gasteiger partial charge in [-0.2, -0.15) is 8.42 Å². The third kappa shape index (κ3) is 7.52. The predicted octanol–water partition coefficient (Wildman–Crippen LogP) is 3.48. The summed E-state index contributed by atoms with van der Waals surface area (Å²) in [6.07, 6.45) is 9.76. The molecule has 0 bridgehead atoms. The molecule has 1 aromatic carbocycles. The normalized spacial score (nSPS) is 13.9. The first-order valence-electron chi connectivity index (χ1n) is 8.00. The predicted molar refractivity (Wildman–Crippen MR) is 93.6 cm³/mol. The van der Waals surface area contributed by atoms with Gasteiger partial charge in [0.05, 0.1) is 11.6 Å². The third-order valence-corrected chi connectivity index (χ3v) is 4.62. The van der Waals surface area contributed by atoms with E-state index in [2.05, 4.69) is 36.2 Å². The zero-order valence-electron chi connectivity index (χ0n) is 14.3. The van der Waals surface area contributed by atoms with Crippen molar-refractivity contribution in [2.75, 3.05) is 20.3 Å². The molecule has 0 saturated heterocycles. The highest BCUT2D eigenvalue weighted by atomic mass is 32.2. The first kappa shape index (κ1) is 19.5. The lowest BCUT2D eigenvalue weighted by Crippen LogP contribution is -2.23. The van der Waals surface area contributed by atoms with E-state index in [0.717, 1.165) is 6.67 Å². The number of aryl methyl sites for hydroxylation is 1. The summed E-state index contributed by atoms with van der Waals surface area (Å²) in [6, 6.07) is 6.27. The van der Waals surface area contributed by atoms with Gasteiger partial charge in [-0.05, 0) is 25.0 Å². The molecule has 23 heavy (non-hydrogen) atoms. The van der Waals surface area contributed by atoms with Crippen molar-refractivity contribution in [1.29, 1.82) is 0 Å². The van der Waals surface area contributed by atoms with Gasteiger partial charge in [-0.25, -0.2) is 0 Å². The first-order chi connectivity index (χ1) is 10.8. The van der Waals surface area contributed by atoms with Gasteiger partial charge >= 0.3 is 0 Å². The van der Waals surface area contributed by atoms with Crippen LogP contribution in [-0.4, -0.2) is 43.0 Å². The van der Waals surface area contributed by atoms with E-state index in [0.29, 0.717) is 5.56 Å². The van der Waals surface area contributed by atoms with Gasteiger partial charge in [-0.1, -0.05) is 44.4 Å². The van der Waals surface area contributed by atoms with E-state index in [4.69, 9.17) is 4.55 Å². The van der Waals surface area contributed by atoms with Crippen LogP contribution in [0.4, 0.5) is 0 Å². The molecule has 1 aliphatic rings. The first-order valence-corrected chi connectivity index (χ1v) is 9.44. The maximum Gasteiger partial charge on any atom is 0.294 e. The second-order valence-electron chi connectivity index (χ2n) is 5.81. The van der Waals surface area contributed by atoms with E-state index in [1.807, 2.05) is 0 Å². The van der Waals surface area contributed by atoms with Crippen molar-refractivity contribution in [3.8, 4) is 0 Å². The Morgan fingerprint density at radius 1 is 1.13 bits per heavy atom. The van der Waals surface area contributed by atoms with E-state index >= 15 is 0 Å². The Morgan fingerprint density at radius 3 is 2.30 bits per heavy atom. The summed E-state index contributed by atoms with van der Waals surface area (Å²) < 4.78 is 29.9. The topological polar surface area (TPSA) is 60.9 Å². The minimum atomic E-state index is -4.03. The van der Waals surface area contributed by atoms with Gasteiger partial charge in [-0.3, -0.25) is 4.55 Å². The molecule has 6 heteroatoms. The number of rotatable bonds is 6. The molecule has 0 unspecified atom stereocenters. The third-order valence-electron chi connectivity index (χ3n) is 3.61. The second-order valence-corrected chi connectivity index (χ2v) is 7.20. The minimum Gasteiger partial charge on any atom is -0.362 e. The van der Waals surface area contributed by atoms with Crippen LogP contribution < -0.4 is 0 Å². The number of nitrogens with zero attached hydrogens (tertiary/aromatic N) is 2. The molecule has 1 N–H and O–H groups in total. The molecule has 0 fully saturated rings. The molecule has 0 spiro atoms. The molecule has 5 nitrogen and oxygen atoms in total. The lowest BCUT2D eigenvalue weighted by Gasteiger charge is -2.17. The molecule has 1 aliphatic heterocycles. The van der Waals surface area contributed by atoms with Gasteiger partial charge in [0.25, 0.3) is 10.1 Å². The van der Waals surface area contributed by atoms with Crippen LogP contribution in [0.3, 0.4) is 0 Å². The Hall–Kier alpha value is -1.53. The van der Waals surface area contributed by atoms with Crippen LogP contribution in [0.25, 0.3) is 0 Å². The van der Waals surface area contributed by atoms with Crippen molar-refractivity contribution in [3.05, 3.63) is 42.2 Å². The summed E-state index contributed by atoms with van der Waals surface area (Å²) in [5, 5.41) is 0. The van der Waals surface area contributed by atoms with Gasteiger partial charge in [0.15, 0.2) is 0 Å². The van der Waals surface area contributed by atoms with Crippen LogP contribution in [0.15, 0.2) is 41.6 Å². The van der Waals surface area contributed by atoms with Crippen molar-refractivity contribution in [3.63, 3.8) is 0 Å². The highest BCUT2D eigenvalue weighted by Crippen LogP contribution is 2.12. The molecule has 0 amide bonds. The lowest BCUT2D eigenvalue weighted by molar-refractivity contribution is 0.291. The average molecular weight is 340 g/mol. The summed E-state index contributed by atoms with van der Waals surface area (Å²) >= 11 is 0. The van der Waals surface area contributed by atoms with Crippen LogP contribution in [0.5, 0.6) is 0 Å². The minimum absolute atomic E-state index is 0.0278. The van der Waals surface area contributed by atoms with E-state index in [1.165, 1.54) is 38.3 Å². The zero-order chi connectivity index (χ0) is 17.3. The zero-order valence-corrected chi connectivity index (χ0v) is 15.1. The van der Waals surface area contributed by atoms with Crippen molar-refractivity contribution >= 4 is 10.1 Å². The fourth-order valence-corrected chi connectivity index (χ4v) is 3.05. The van der Waals surface area contributed by atoms with Crippen LogP contribution in [0, 0.1) is 6.92 Å². The van der Waals surface area contributed by atoms with Gasteiger partial charge in [0.1, 0.15) is 0 Å². The standard InChI is InChI=1S/C10H20N2.C7H8O3S/c1-3-4-5-6-7-12-9-8-11(2)10-12;1-6-4-2-3-5-7(6)11(8,9)10/h8-9H,3-7,10H2,1-2H3;2-5H,1H3,(H,8,9,10). The van der Waals surface area contributed by atoms with Crippen LogP contribution in [0.1, 0.15) is 38.2 Å². The SMILES string of the molecule is CCCCCCN1C=CN(C)C1.Cc1ccccc1S(=O)(=O)O. The molecule has 0 radical (unpaired) electrons. The lowest BCUT2D eigenvalue weighted by atomic mass is 10.2. The Kier molecular flexibility index (Phi) is 8.12. The maximum atomic E-state index is 10.6. The number of hydrogen-bond acceptors (Lipinski definition) is 4. The molecule has 0 aromatic heterocycles. The maximum absolute atomic E-state index is 10.6. The molecule has 0 aliphatic carbocycles. The van der Waals surface area contributed by atoms with Gasteiger partial charge in [0, 0.05) is 26.0 Å². The van der Waals surface area contributed by atoms with Crippen LogP contribution in [-0.2, 0) is 10.1 Å². The molecule has 1 aromatic rings. The summed E-state index contributed by atoms with van der Waals surface area (Å²) in [5.41, 5.74) is 0.551. The van der Waals surface area contributed by atoms with Crippen LogP contribution >= 0.6 is 0 Å². The van der Waals surface area contributed by atoms with Gasteiger partial charge in [0.2, 0.25) is 0 Å². The molecule has 0 saturated carbocycles. The highest BCUT2D eigenvalue weighted by Gasteiger charge is 2.10. The van der Waals surface area contributed by atoms with E-state index in [1.54, 1.807) is 25.1 Å². The highest BCUT2D eigenvalue weighted by molar-refractivity contribution is 7.85. The summed E-state index contributed by atoms with van der Waals surface area (Å²) in [5.74, 6) is 0. The Balaban J connectivity index is 0.000000231.